The molecule has 1 spiro atoms. The van der Waals surface area contributed by atoms with E-state index in [9.17, 15) is 18.0 Å². The molecule has 0 radical (unpaired) electrons. The van der Waals surface area contributed by atoms with Gasteiger partial charge >= 0.3 is 6.18 Å². The lowest BCUT2D eigenvalue weighted by Crippen LogP contribution is -2.46. The predicted molar refractivity (Wildman–Crippen MR) is 123 cm³/mol. The van der Waals surface area contributed by atoms with Crippen LogP contribution in [0.15, 0.2) is 48.9 Å². The SMILES string of the molecule is Cn1c(-c2ccc(C(F)(F)F)nc2)nc2c(N3CCC4(CC3)C(=O)Nc3ccccc34)ncnc21. The molecule has 0 unspecified atom stereocenters. The molecule has 0 aliphatic carbocycles. The number of alkyl halides is 3. The first kappa shape index (κ1) is 21.5. The number of hydrogen-bond acceptors (Lipinski definition) is 6. The van der Waals surface area contributed by atoms with Crippen LogP contribution in [0.4, 0.5) is 24.7 Å². The van der Waals surface area contributed by atoms with Crippen molar-refractivity contribution in [3.63, 3.8) is 0 Å². The zero-order chi connectivity index (χ0) is 24.4. The minimum absolute atomic E-state index is 0.0288. The number of aryl methyl sites for hydroxylation is 1. The number of halogens is 3. The molecule has 6 rings (SSSR count). The number of para-hydroxylation sites is 1. The summed E-state index contributed by atoms with van der Waals surface area (Å²) in [6, 6.07) is 10.1. The number of benzene rings is 1. The maximum Gasteiger partial charge on any atom is 0.433 e. The number of aromatic nitrogens is 5. The van der Waals surface area contributed by atoms with Crippen molar-refractivity contribution in [2.75, 3.05) is 23.3 Å². The molecule has 2 aliphatic rings. The number of nitrogens with one attached hydrogen (secondary N) is 1. The second kappa shape index (κ2) is 7.49. The molecule has 178 valence electrons. The van der Waals surface area contributed by atoms with Crippen LogP contribution >= 0.6 is 0 Å². The van der Waals surface area contributed by atoms with Crippen molar-refractivity contribution < 1.29 is 18.0 Å². The van der Waals surface area contributed by atoms with Gasteiger partial charge in [0.2, 0.25) is 5.91 Å². The highest BCUT2D eigenvalue weighted by Gasteiger charge is 2.48. The molecule has 1 amide bonds. The average Bonchev–Trinajstić information content (AvgIpc) is 3.33. The maximum absolute atomic E-state index is 12.9. The van der Waals surface area contributed by atoms with E-state index in [4.69, 9.17) is 0 Å². The van der Waals surface area contributed by atoms with Crippen LogP contribution in [-0.4, -0.2) is 43.5 Å². The summed E-state index contributed by atoms with van der Waals surface area (Å²) in [7, 11) is 1.75. The second-order valence-corrected chi connectivity index (χ2v) is 8.86. The van der Waals surface area contributed by atoms with Crippen molar-refractivity contribution in [1.82, 2.24) is 24.5 Å². The molecule has 5 heterocycles. The van der Waals surface area contributed by atoms with Gasteiger partial charge in [-0.15, -0.1) is 0 Å². The summed E-state index contributed by atoms with van der Waals surface area (Å²) in [6.07, 6.45) is -0.631. The largest absolute Gasteiger partial charge is 0.433 e. The molecule has 3 aromatic heterocycles. The van der Waals surface area contributed by atoms with Gasteiger partial charge in [-0.25, -0.2) is 15.0 Å². The number of pyridine rings is 1. The van der Waals surface area contributed by atoms with Crippen LogP contribution in [0.1, 0.15) is 24.1 Å². The highest BCUT2D eigenvalue weighted by Crippen LogP contribution is 2.45. The number of carbonyl (C=O) groups excluding carboxylic acids is 1. The normalized spacial score (nSPS) is 17.1. The van der Waals surface area contributed by atoms with Gasteiger partial charge in [-0.3, -0.25) is 9.78 Å². The molecular weight excluding hydrogens is 459 g/mol. The fraction of sp³-hybridized carbons (Fsp3) is 0.292. The number of fused-ring (bicyclic) bond motifs is 3. The molecule has 1 aromatic carbocycles. The Morgan fingerprint density at radius 3 is 2.51 bits per heavy atom. The first-order valence-electron chi connectivity index (χ1n) is 11.1. The number of nitrogens with zero attached hydrogens (tertiary/aromatic N) is 6. The van der Waals surface area contributed by atoms with Crippen molar-refractivity contribution in [2.45, 2.75) is 24.4 Å². The molecule has 8 nitrogen and oxygen atoms in total. The van der Waals surface area contributed by atoms with Crippen LogP contribution in [0, 0.1) is 0 Å². The fourth-order valence-electron chi connectivity index (χ4n) is 5.14. The van der Waals surface area contributed by atoms with Crippen LogP contribution in [0.2, 0.25) is 0 Å². The van der Waals surface area contributed by atoms with Crippen LogP contribution in [0.25, 0.3) is 22.6 Å². The highest BCUT2D eigenvalue weighted by atomic mass is 19.4. The Labute approximate surface area is 197 Å². The topological polar surface area (TPSA) is 88.8 Å². The van der Waals surface area contributed by atoms with Gasteiger partial charge in [-0.2, -0.15) is 13.2 Å². The lowest BCUT2D eigenvalue weighted by Gasteiger charge is -2.38. The number of anilines is 2. The Morgan fingerprint density at radius 2 is 1.80 bits per heavy atom. The molecule has 1 fully saturated rings. The van der Waals surface area contributed by atoms with E-state index in [1.165, 1.54) is 12.4 Å². The van der Waals surface area contributed by atoms with Crippen molar-refractivity contribution >= 4 is 28.6 Å². The molecule has 1 N–H and O–H groups in total. The van der Waals surface area contributed by atoms with Crippen molar-refractivity contribution in [2.24, 2.45) is 7.05 Å². The highest BCUT2D eigenvalue weighted by molar-refractivity contribution is 6.06. The van der Waals surface area contributed by atoms with Crippen molar-refractivity contribution in [3.05, 3.63) is 60.2 Å². The molecule has 2 aliphatic heterocycles. The molecular formula is C24H20F3N7O. The van der Waals surface area contributed by atoms with Gasteiger partial charge in [-0.05, 0) is 36.6 Å². The predicted octanol–water partition coefficient (Wildman–Crippen LogP) is 3.93. The fourth-order valence-corrected chi connectivity index (χ4v) is 5.14. The van der Waals surface area contributed by atoms with E-state index in [-0.39, 0.29) is 5.91 Å². The summed E-state index contributed by atoms with van der Waals surface area (Å²) >= 11 is 0. The van der Waals surface area contributed by atoms with Gasteiger partial charge in [0.25, 0.3) is 0 Å². The Hall–Kier alpha value is -4.02. The third kappa shape index (κ3) is 3.25. The molecule has 11 heteroatoms. The summed E-state index contributed by atoms with van der Waals surface area (Å²) in [5.41, 5.74) is 1.95. The number of rotatable bonds is 2. The Bertz CT molecular complexity index is 1450. The summed E-state index contributed by atoms with van der Waals surface area (Å²) < 4.78 is 40.5. The van der Waals surface area contributed by atoms with Crippen LogP contribution in [0.3, 0.4) is 0 Å². The van der Waals surface area contributed by atoms with Gasteiger partial charge in [0.05, 0.1) is 5.41 Å². The second-order valence-electron chi connectivity index (χ2n) is 8.86. The minimum atomic E-state index is -4.51. The smallest absolute Gasteiger partial charge is 0.355 e. The molecule has 0 atom stereocenters. The standard InChI is InChI=1S/C24H20F3N7O/c1-33-19(14-6-7-17(28-12-14)24(25,26)27)32-18-20(33)29-13-30-21(18)34-10-8-23(9-11-34)15-4-2-3-5-16(15)31-22(23)35/h2-7,12-13H,8-11H2,1H3,(H,31,35). The summed E-state index contributed by atoms with van der Waals surface area (Å²) in [4.78, 5) is 32.1. The van der Waals surface area contributed by atoms with Gasteiger partial charge in [0, 0.05) is 37.6 Å². The quantitative estimate of drug-likeness (QED) is 0.469. The van der Waals surface area contributed by atoms with Gasteiger partial charge in [0.15, 0.2) is 17.0 Å². The lowest BCUT2D eigenvalue weighted by atomic mass is 9.73. The number of amides is 1. The Morgan fingerprint density at radius 1 is 1.03 bits per heavy atom. The van der Waals surface area contributed by atoms with Crippen LogP contribution in [-0.2, 0) is 23.4 Å². The zero-order valence-corrected chi connectivity index (χ0v) is 18.7. The molecule has 4 aromatic rings. The number of carbonyl (C=O) groups is 1. The maximum atomic E-state index is 12.9. The van der Waals surface area contributed by atoms with E-state index in [0.717, 1.165) is 23.5 Å². The van der Waals surface area contributed by atoms with E-state index in [2.05, 4.69) is 30.2 Å². The van der Waals surface area contributed by atoms with Gasteiger partial charge < -0.3 is 14.8 Å². The molecule has 0 bridgehead atoms. The molecule has 0 saturated carbocycles. The third-order valence-corrected chi connectivity index (χ3v) is 6.99. The summed E-state index contributed by atoms with van der Waals surface area (Å²) in [5, 5.41) is 3.01. The van der Waals surface area contributed by atoms with Gasteiger partial charge in [0.1, 0.15) is 17.8 Å². The van der Waals surface area contributed by atoms with Gasteiger partial charge in [-0.1, -0.05) is 18.2 Å². The summed E-state index contributed by atoms with van der Waals surface area (Å²) in [6.45, 7) is 1.20. The third-order valence-electron chi connectivity index (χ3n) is 6.99. The van der Waals surface area contributed by atoms with Crippen LogP contribution < -0.4 is 10.2 Å². The van der Waals surface area contributed by atoms with E-state index >= 15 is 0 Å². The van der Waals surface area contributed by atoms with E-state index in [0.29, 0.717) is 54.3 Å². The number of piperidine rings is 1. The minimum Gasteiger partial charge on any atom is -0.355 e. The number of imidazole rings is 1. The summed E-state index contributed by atoms with van der Waals surface area (Å²) in [5.74, 6) is 1.11. The number of hydrogen-bond donors (Lipinski definition) is 1. The molecule has 35 heavy (non-hydrogen) atoms. The Balaban J connectivity index is 1.32. The van der Waals surface area contributed by atoms with E-state index in [1.54, 1.807) is 11.6 Å². The monoisotopic (exact) mass is 479 g/mol. The zero-order valence-electron chi connectivity index (χ0n) is 18.7. The Kier molecular flexibility index (Phi) is 4.60. The van der Waals surface area contributed by atoms with Crippen molar-refractivity contribution in [3.8, 4) is 11.4 Å². The first-order valence-corrected chi connectivity index (χ1v) is 11.1. The molecule has 1 saturated heterocycles. The first-order chi connectivity index (χ1) is 16.8. The average molecular weight is 479 g/mol. The van der Waals surface area contributed by atoms with E-state index in [1.807, 2.05) is 24.3 Å². The van der Waals surface area contributed by atoms with E-state index < -0.39 is 17.3 Å². The van der Waals surface area contributed by atoms with Crippen LogP contribution in [0.5, 0.6) is 0 Å². The lowest BCUT2D eigenvalue weighted by molar-refractivity contribution is -0.141. The van der Waals surface area contributed by atoms with Crippen molar-refractivity contribution in [1.29, 1.82) is 0 Å².